The molecule has 0 radical (unpaired) electrons. The number of rotatable bonds is 6. The lowest BCUT2D eigenvalue weighted by atomic mass is 10.1. The number of nitrogens with zero attached hydrogens (tertiary/aromatic N) is 1. The molecule has 1 heterocycles. The molecule has 1 unspecified atom stereocenters. The zero-order valence-electron chi connectivity index (χ0n) is 13.3. The van der Waals surface area contributed by atoms with Gasteiger partial charge in [-0.05, 0) is 51.1 Å². The average molecular weight is 292 g/mol. The molecule has 1 fully saturated rings. The molecule has 0 spiro atoms. The lowest BCUT2D eigenvalue weighted by Crippen LogP contribution is -2.33. The van der Waals surface area contributed by atoms with Crippen molar-refractivity contribution in [3.8, 4) is 11.5 Å². The quantitative estimate of drug-likeness (QED) is 0.846. The third-order valence-electron chi connectivity index (χ3n) is 4.28. The summed E-state index contributed by atoms with van der Waals surface area (Å²) in [7, 11) is 1.65. The zero-order valence-corrected chi connectivity index (χ0v) is 13.3. The Morgan fingerprint density at radius 2 is 1.95 bits per heavy atom. The molecule has 1 atom stereocenters. The fourth-order valence-corrected chi connectivity index (χ4v) is 2.92. The van der Waals surface area contributed by atoms with E-state index in [4.69, 9.17) is 4.74 Å². The van der Waals surface area contributed by atoms with Crippen molar-refractivity contribution in [1.29, 1.82) is 0 Å². The van der Waals surface area contributed by atoms with E-state index in [1.165, 1.54) is 38.8 Å². The van der Waals surface area contributed by atoms with Gasteiger partial charge >= 0.3 is 0 Å². The first-order chi connectivity index (χ1) is 10.2. The molecular formula is C17H28N2O2. The summed E-state index contributed by atoms with van der Waals surface area (Å²) >= 11 is 0. The van der Waals surface area contributed by atoms with Crippen molar-refractivity contribution in [2.45, 2.75) is 38.6 Å². The Balaban J connectivity index is 1.82. The van der Waals surface area contributed by atoms with E-state index in [2.05, 4.69) is 17.1 Å². The van der Waals surface area contributed by atoms with E-state index in [9.17, 15) is 5.11 Å². The van der Waals surface area contributed by atoms with Crippen LogP contribution < -0.4 is 10.1 Å². The minimum Gasteiger partial charge on any atom is -0.508 e. The number of methoxy groups -OCH3 is 1. The van der Waals surface area contributed by atoms with Crippen molar-refractivity contribution < 1.29 is 9.84 Å². The summed E-state index contributed by atoms with van der Waals surface area (Å²) in [4.78, 5) is 2.54. The van der Waals surface area contributed by atoms with Gasteiger partial charge in [0.05, 0.1) is 7.11 Å². The van der Waals surface area contributed by atoms with Crippen LogP contribution in [0.2, 0.25) is 0 Å². The Hall–Kier alpha value is -1.26. The molecule has 4 nitrogen and oxygen atoms in total. The van der Waals surface area contributed by atoms with Crippen molar-refractivity contribution in [1.82, 2.24) is 10.2 Å². The second-order valence-electron chi connectivity index (χ2n) is 5.86. The van der Waals surface area contributed by atoms with Crippen molar-refractivity contribution in [3.63, 3.8) is 0 Å². The normalized spacial score (nSPS) is 18.2. The number of aromatic hydroxyl groups is 1. The first kappa shape index (κ1) is 16.1. The molecule has 1 aliphatic rings. The number of hydrogen-bond donors (Lipinski definition) is 2. The van der Waals surface area contributed by atoms with Gasteiger partial charge in [-0.3, -0.25) is 0 Å². The van der Waals surface area contributed by atoms with Crippen molar-refractivity contribution in [2.24, 2.45) is 0 Å². The molecule has 118 valence electrons. The van der Waals surface area contributed by atoms with Crippen LogP contribution in [0, 0.1) is 0 Å². The van der Waals surface area contributed by atoms with Gasteiger partial charge in [0.15, 0.2) is 0 Å². The molecule has 1 aromatic rings. The third-order valence-corrected chi connectivity index (χ3v) is 4.28. The van der Waals surface area contributed by atoms with Crippen LogP contribution in [0.3, 0.4) is 0 Å². The Morgan fingerprint density at radius 1 is 1.24 bits per heavy atom. The van der Waals surface area contributed by atoms with Crippen LogP contribution in [0.25, 0.3) is 0 Å². The predicted octanol–water partition coefficient (Wildman–Crippen LogP) is 2.93. The van der Waals surface area contributed by atoms with E-state index < -0.39 is 0 Å². The lowest BCUT2D eigenvalue weighted by molar-refractivity contribution is 0.280. The zero-order chi connectivity index (χ0) is 15.1. The molecule has 1 aliphatic heterocycles. The Labute approximate surface area is 128 Å². The maximum Gasteiger partial charge on any atom is 0.120 e. The first-order valence-electron chi connectivity index (χ1n) is 8.03. The summed E-state index contributed by atoms with van der Waals surface area (Å²) < 4.78 is 5.23. The molecule has 0 aliphatic carbocycles. The van der Waals surface area contributed by atoms with Gasteiger partial charge in [0.25, 0.3) is 0 Å². The van der Waals surface area contributed by atoms with Crippen LogP contribution in [0.1, 0.15) is 44.2 Å². The average Bonchev–Trinajstić information content (AvgIpc) is 2.76. The van der Waals surface area contributed by atoms with Gasteiger partial charge in [-0.15, -0.1) is 0 Å². The van der Waals surface area contributed by atoms with E-state index in [-0.39, 0.29) is 6.04 Å². The highest BCUT2D eigenvalue weighted by molar-refractivity contribution is 5.41. The van der Waals surface area contributed by atoms with Crippen LogP contribution in [0.4, 0.5) is 0 Å². The summed E-state index contributed by atoms with van der Waals surface area (Å²) in [5.74, 6) is 1.11. The van der Waals surface area contributed by atoms with E-state index in [0.29, 0.717) is 5.75 Å². The largest absolute Gasteiger partial charge is 0.508 e. The van der Waals surface area contributed by atoms with Crippen molar-refractivity contribution >= 4 is 0 Å². The number of benzene rings is 1. The number of nitrogens with one attached hydrogen (secondary N) is 1. The van der Waals surface area contributed by atoms with Crippen LogP contribution in [-0.2, 0) is 0 Å². The predicted molar refractivity (Wildman–Crippen MR) is 86.0 cm³/mol. The molecule has 1 aromatic carbocycles. The second-order valence-corrected chi connectivity index (χ2v) is 5.86. The molecule has 0 saturated carbocycles. The third kappa shape index (κ3) is 4.90. The smallest absolute Gasteiger partial charge is 0.120 e. The van der Waals surface area contributed by atoms with Gasteiger partial charge in [0.2, 0.25) is 0 Å². The molecule has 0 amide bonds. The van der Waals surface area contributed by atoms with E-state index in [0.717, 1.165) is 24.4 Å². The maximum atomic E-state index is 9.98. The lowest BCUT2D eigenvalue weighted by Gasteiger charge is -2.22. The fourth-order valence-electron chi connectivity index (χ4n) is 2.92. The highest BCUT2D eigenvalue weighted by Gasteiger charge is 2.13. The molecule has 0 aromatic heterocycles. The van der Waals surface area contributed by atoms with E-state index in [1.807, 2.05) is 6.07 Å². The maximum absolute atomic E-state index is 9.98. The molecule has 0 bridgehead atoms. The number of ether oxygens (including phenoxy) is 1. The molecule has 2 N–H and O–H groups in total. The fraction of sp³-hybridized carbons (Fsp3) is 0.647. The summed E-state index contributed by atoms with van der Waals surface area (Å²) in [5.41, 5.74) is 0.894. The molecule has 2 rings (SSSR count). The van der Waals surface area contributed by atoms with Gasteiger partial charge in [-0.25, -0.2) is 0 Å². The topological polar surface area (TPSA) is 44.7 Å². The van der Waals surface area contributed by atoms with Gasteiger partial charge in [0.1, 0.15) is 11.5 Å². The van der Waals surface area contributed by atoms with Gasteiger partial charge in [-0.2, -0.15) is 0 Å². The number of likely N-dealkylation sites (tertiary alicyclic amines) is 1. The Bertz CT molecular complexity index is 429. The SMILES string of the molecule is COc1ccc(O)c(C(C)NCCN2CCCCCC2)c1. The van der Waals surface area contributed by atoms with Crippen LogP contribution in [0.5, 0.6) is 11.5 Å². The summed E-state index contributed by atoms with van der Waals surface area (Å²) in [6.07, 6.45) is 5.40. The van der Waals surface area contributed by atoms with E-state index in [1.54, 1.807) is 19.2 Å². The Morgan fingerprint density at radius 3 is 2.62 bits per heavy atom. The molecule has 1 saturated heterocycles. The summed E-state index contributed by atoms with van der Waals surface area (Å²) in [6.45, 7) is 6.55. The van der Waals surface area contributed by atoms with E-state index >= 15 is 0 Å². The monoisotopic (exact) mass is 292 g/mol. The molecule has 21 heavy (non-hydrogen) atoms. The minimum atomic E-state index is 0.118. The summed E-state index contributed by atoms with van der Waals surface area (Å²) in [5, 5.41) is 13.5. The van der Waals surface area contributed by atoms with Crippen LogP contribution >= 0.6 is 0 Å². The van der Waals surface area contributed by atoms with Gasteiger partial charge < -0.3 is 20.1 Å². The number of phenolic OH excluding ortho intramolecular Hbond substituents is 1. The molecule has 4 heteroatoms. The van der Waals surface area contributed by atoms with Gasteiger partial charge in [0, 0.05) is 24.7 Å². The highest BCUT2D eigenvalue weighted by Crippen LogP contribution is 2.28. The Kier molecular flexibility index (Phi) is 6.33. The molecular weight excluding hydrogens is 264 g/mol. The van der Waals surface area contributed by atoms with Crippen LogP contribution in [0.15, 0.2) is 18.2 Å². The van der Waals surface area contributed by atoms with Gasteiger partial charge in [-0.1, -0.05) is 12.8 Å². The summed E-state index contributed by atoms with van der Waals surface area (Å²) in [6, 6.07) is 5.50. The number of phenols is 1. The standard InChI is InChI=1S/C17H28N2O2/c1-14(16-13-15(21-2)7-8-17(16)20)18-9-12-19-10-5-3-4-6-11-19/h7-8,13-14,18,20H,3-6,9-12H2,1-2H3. The van der Waals surface area contributed by atoms with Crippen molar-refractivity contribution in [3.05, 3.63) is 23.8 Å². The minimum absolute atomic E-state index is 0.118. The van der Waals surface area contributed by atoms with Crippen molar-refractivity contribution in [2.75, 3.05) is 33.3 Å². The second kappa shape index (κ2) is 8.25. The first-order valence-corrected chi connectivity index (χ1v) is 8.03. The highest BCUT2D eigenvalue weighted by atomic mass is 16.5. The van der Waals surface area contributed by atoms with Crippen LogP contribution in [-0.4, -0.2) is 43.3 Å². The number of hydrogen-bond acceptors (Lipinski definition) is 4.